The number of carbonyl (C=O) groups is 1. The van der Waals surface area contributed by atoms with Gasteiger partial charge in [0.2, 0.25) is 5.91 Å². The Hall–Kier alpha value is -0.620. The first-order valence-electron chi connectivity index (χ1n) is 5.35. The molecule has 0 bridgehead atoms. The molecule has 0 aliphatic rings. The minimum absolute atomic E-state index is 0.0425. The Morgan fingerprint density at radius 1 is 1.38 bits per heavy atom. The molecule has 0 aromatic heterocycles. The molecule has 0 spiro atoms. The molecule has 3 nitrogen and oxygen atoms in total. The van der Waals surface area contributed by atoms with Crippen molar-refractivity contribution in [1.29, 1.82) is 0 Å². The van der Waals surface area contributed by atoms with E-state index in [2.05, 4.69) is 27.9 Å². The first-order chi connectivity index (χ1) is 7.72. The van der Waals surface area contributed by atoms with E-state index in [9.17, 15) is 4.79 Å². The highest BCUT2D eigenvalue weighted by molar-refractivity contribution is 14.1. The summed E-state index contributed by atoms with van der Waals surface area (Å²) in [5, 5.41) is 2.85. The van der Waals surface area contributed by atoms with Crippen LogP contribution >= 0.6 is 22.6 Å². The van der Waals surface area contributed by atoms with Crippen molar-refractivity contribution in [2.75, 3.05) is 18.5 Å². The third-order valence-electron chi connectivity index (χ3n) is 2.02. The molecular weight excluding hydrogens is 317 g/mol. The molecule has 0 heterocycles. The summed E-state index contributed by atoms with van der Waals surface area (Å²) >= 11 is 2.23. The minimum Gasteiger partial charge on any atom is -0.382 e. The van der Waals surface area contributed by atoms with E-state index in [0.717, 1.165) is 15.7 Å². The third-order valence-corrected chi connectivity index (χ3v) is 2.74. The molecule has 1 aromatic carbocycles. The Balaban J connectivity index is 2.26. The fraction of sp³-hybridized carbons (Fsp3) is 0.417. The predicted molar refractivity (Wildman–Crippen MR) is 73.5 cm³/mol. The van der Waals surface area contributed by atoms with Crippen molar-refractivity contribution in [3.05, 3.63) is 27.8 Å². The molecule has 4 heteroatoms. The summed E-state index contributed by atoms with van der Waals surface area (Å²) in [5.74, 6) is 0.0425. The summed E-state index contributed by atoms with van der Waals surface area (Å²) in [7, 11) is 0. The normalized spacial score (nSPS) is 10.1. The average molecular weight is 333 g/mol. The fourth-order valence-electron chi connectivity index (χ4n) is 1.24. The van der Waals surface area contributed by atoms with E-state index in [1.165, 1.54) is 0 Å². The lowest BCUT2D eigenvalue weighted by molar-refractivity contribution is -0.116. The fourth-order valence-corrected chi connectivity index (χ4v) is 1.60. The van der Waals surface area contributed by atoms with E-state index in [4.69, 9.17) is 4.74 Å². The second kappa shape index (κ2) is 7.62. The molecule has 0 aliphatic heterocycles. The molecule has 0 radical (unpaired) electrons. The van der Waals surface area contributed by atoms with Crippen LogP contribution in [-0.4, -0.2) is 19.1 Å². The summed E-state index contributed by atoms with van der Waals surface area (Å²) in [4.78, 5) is 11.5. The van der Waals surface area contributed by atoms with Crippen LogP contribution in [0.5, 0.6) is 0 Å². The lowest BCUT2D eigenvalue weighted by Gasteiger charge is -2.05. The Kier molecular flexibility index (Phi) is 6.40. The van der Waals surface area contributed by atoms with Gasteiger partial charge >= 0.3 is 0 Å². The van der Waals surface area contributed by atoms with Gasteiger partial charge in [0.05, 0.1) is 0 Å². The van der Waals surface area contributed by atoms with Crippen LogP contribution in [0.15, 0.2) is 24.3 Å². The Morgan fingerprint density at radius 2 is 2.06 bits per heavy atom. The standard InChI is InChI=1S/C12H16INO2/c1-2-16-9-3-4-12(15)14-11-7-5-10(13)6-8-11/h5-8H,2-4,9H2,1H3,(H,14,15). The number of anilines is 1. The van der Waals surface area contributed by atoms with Crippen LogP contribution in [-0.2, 0) is 9.53 Å². The largest absolute Gasteiger partial charge is 0.382 e. The van der Waals surface area contributed by atoms with E-state index >= 15 is 0 Å². The number of nitrogens with one attached hydrogen (secondary N) is 1. The van der Waals surface area contributed by atoms with E-state index in [1.54, 1.807) is 0 Å². The van der Waals surface area contributed by atoms with Crippen molar-refractivity contribution in [3.8, 4) is 0 Å². The zero-order valence-corrected chi connectivity index (χ0v) is 11.5. The Labute approximate surface area is 110 Å². The highest BCUT2D eigenvalue weighted by Gasteiger charge is 2.01. The summed E-state index contributed by atoms with van der Waals surface area (Å²) in [5.41, 5.74) is 0.849. The number of halogens is 1. The van der Waals surface area contributed by atoms with Crippen molar-refractivity contribution in [2.24, 2.45) is 0 Å². The van der Waals surface area contributed by atoms with Crippen molar-refractivity contribution in [2.45, 2.75) is 19.8 Å². The first-order valence-corrected chi connectivity index (χ1v) is 6.43. The molecule has 88 valence electrons. The van der Waals surface area contributed by atoms with Gasteiger partial charge in [0, 0.05) is 28.9 Å². The number of carbonyl (C=O) groups excluding carboxylic acids is 1. The third kappa shape index (κ3) is 5.46. The van der Waals surface area contributed by atoms with Crippen LogP contribution in [0.3, 0.4) is 0 Å². The van der Waals surface area contributed by atoms with Gasteiger partial charge in [0.25, 0.3) is 0 Å². The van der Waals surface area contributed by atoms with Crippen molar-refractivity contribution < 1.29 is 9.53 Å². The van der Waals surface area contributed by atoms with Crippen molar-refractivity contribution >= 4 is 34.2 Å². The van der Waals surface area contributed by atoms with E-state index < -0.39 is 0 Å². The molecule has 0 saturated carbocycles. The van der Waals surface area contributed by atoms with Gasteiger partial charge in [-0.15, -0.1) is 0 Å². The average Bonchev–Trinajstić information content (AvgIpc) is 2.28. The Morgan fingerprint density at radius 3 is 2.69 bits per heavy atom. The number of benzene rings is 1. The molecule has 0 aliphatic carbocycles. The summed E-state index contributed by atoms with van der Waals surface area (Å²) in [6.45, 7) is 3.31. The highest BCUT2D eigenvalue weighted by Crippen LogP contribution is 2.11. The molecular formula is C12H16INO2. The monoisotopic (exact) mass is 333 g/mol. The van der Waals surface area contributed by atoms with E-state index in [1.807, 2.05) is 31.2 Å². The van der Waals surface area contributed by atoms with Gasteiger partial charge in [-0.1, -0.05) is 0 Å². The second-order valence-electron chi connectivity index (χ2n) is 3.36. The molecule has 0 fully saturated rings. The number of ether oxygens (including phenoxy) is 1. The molecule has 0 unspecified atom stereocenters. The van der Waals surface area contributed by atoms with Crippen LogP contribution in [0.1, 0.15) is 19.8 Å². The van der Waals surface area contributed by atoms with Gasteiger partial charge < -0.3 is 10.1 Å². The van der Waals surface area contributed by atoms with E-state index in [-0.39, 0.29) is 5.91 Å². The first kappa shape index (κ1) is 13.4. The van der Waals surface area contributed by atoms with Crippen LogP contribution in [0, 0.1) is 3.57 Å². The number of amides is 1. The van der Waals surface area contributed by atoms with Crippen LogP contribution in [0.2, 0.25) is 0 Å². The number of hydrogen-bond donors (Lipinski definition) is 1. The van der Waals surface area contributed by atoms with Gasteiger partial charge in [-0.3, -0.25) is 4.79 Å². The zero-order chi connectivity index (χ0) is 11.8. The lowest BCUT2D eigenvalue weighted by Crippen LogP contribution is -2.12. The molecule has 1 amide bonds. The molecule has 0 saturated heterocycles. The zero-order valence-electron chi connectivity index (χ0n) is 9.33. The molecule has 1 N–H and O–H groups in total. The van der Waals surface area contributed by atoms with Gasteiger partial charge in [-0.05, 0) is 60.2 Å². The van der Waals surface area contributed by atoms with Crippen molar-refractivity contribution in [1.82, 2.24) is 0 Å². The minimum atomic E-state index is 0.0425. The SMILES string of the molecule is CCOCCCC(=O)Nc1ccc(I)cc1. The van der Waals surface area contributed by atoms with Crippen LogP contribution in [0.4, 0.5) is 5.69 Å². The molecule has 0 atom stereocenters. The smallest absolute Gasteiger partial charge is 0.224 e. The second-order valence-corrected chi connectivity index (χ2v) is 4.60. The van der Waals surface area contributed by atoms with E-state index in [0.29, 0.717) is 19.6 Å². The maximum atomic E-state index is 11.5. The molecule has 16 heavy (non-hydrogen) atoms. The summed E-state index contributed by atoms with van der Waals surface area (Å²) in [6.07, 6.45) is 1.27. The Bertz CT molecular complexity index is 324. The van der Waals surface area contributed by atoms with Gasteiger partial charge in [-0.2, -0.15) is 0 Å². The van der Waals surface area contributed by atoms with Gasteiger partial charge in [0.1, 0.15) is 0 Å². The topological polar surface area (TPSA) is 38.3 Å². The summed E-state index contributed by atoms with van der Waals surface area (Å²) in [6, 6.07) is 7.75. The molecule has 1 aromatic rings. The van der Waals surface area contributed by atoms with Gasteiger partial charge in [0.15, 0.2) is 0 Å². The number of hydrogen-bond acceptors (Lipinski definition) is 2. The highest BCUT2D eigenvalue weighted by atomic mass is 127. The quantitative estimate of drug-likeness (QED) is 0.642. The lowest BCUT2D eigenvalue weighted by atomic mass is 10.3. The maximum Gasteiger partial charge on any atom is 0.224 e. The van der Waals surface area contributed by atoms with Crippen molar-refractivity contribution in [3.63, 3.8) is 0 Å². The van der Waals surface area contributed by atoms with Crippen LogP contribution < -0.4 is 5.32 Å². The molecule has 1 rings (SSSR count). The van der Waals surface area contributed by atoms with Crippen LogP contribution in [0.25, 0.3) is 0 Å². The maximum absolute atomic E-state index is 11.5. The number of rotatable bonds is 6. The predicted octanol–water partition coefficient (Wildman–Crippen LogP) is 3.05. The summed E-state index contributed by atoms with van der Waals surface area (Å²) < 4.78 is 6.33. The van der Waals surface area contributed by atoms with Gasteiger partial charge in [-0.25, -0.2) is 0 Å².